The van der Waals surface area contributed by atoms with Crippen LogP contribution in [0.5, 0.6) is 0 Å². The van der Waals surface area contributed by atoms with Crippen LogP contribution in [0.2, 0.25) is 0 Å². The summed E-state index contributed by atoms with van der Waals surface area (Å²) in [5.74, 6) is -1.26. The van der Waals surface area contributed by atoms with Gasteiger partial charge in [-0.25, -0.2) is 4.39 Å². The van der Waals surface area contributed by atoms with Crippen LogP contribution >= 0.6 is 0 Å². The van der Waals surface area contributed by atoms with Gasteiger partial charge in [-0.3, -0.25) is 10.0 Å². The fourth-order valence-corrected chi connectivity index (χ4v) is 3.17. The van der Waals surface area contributed by atoms with Gasteiger partial charge in [0.1, 0.15) is 5.82 Å². The molecule has 0 spiro atoms. The Kier molecular flexibility index (Phi) is 4.49. The average Bonchev–Trinajstić information content (AvgIpc) is 3.06. The van der Waals surface area contributed by atoms with E-state index in [9.17, 15) is 14.4 Å². The lowest BCUT2D eigenvalue weighted by Gasteiger charge is -2.20. The highest BCUT2D eigenvalue weighted by Crippen LogP contribution is 2.35. The summed E-state index contributed by atoms with van der Waals surface area (Å²) >= 11 is 0. The van der Waals surface area contributed by atoms with E-state index < -0.39 is 17.6 Å². The zero-order valence-electron chi connectivity index (χ0n) is 13.8. The normalized spacial score (nSPS) is 16.8. The highest BCUT2D eigenvalue weighted by Gasteiger charge is 2.29. The molecule has 0 saturated carbocycles. The first-order valence-electron chi connectivity index (χ1n) is 8.03. The number of carbonyl (C=O) groups excluding carboxylic acids is 1. The molecule has 1 aliphatic carbocycles. The molecule has 1 N–H and O–H groups in total. The standard InChI is InChI=1S/C20H20FNO2/c1-13-6-3-4-7-17(13)15-10-11-16(12-15)20(23)22(24)19-9-5-8-18(21)14(19)2/h3-9,12,16,24H,10-11H2,1-2H3. The van der Waals surface area contributed by atoms with Crippen molar-refractivity contribution in [1.82, 2.24) is 0 Å². The molecule has 3 rings (SSSR count). The van der Waals surface area contributed by atoms with E-state index in [1.165, 1.54) is 23.8 Å². The van der Waals surface area contributed by atoms with Crippen LogP contribution in [-0.4, -0.2) is 11.1 Å². The van der Waals surface area contributed by atoms with Gasteiger partial charge < -0.3 is 0 Å². The van der Waals surface area contributed by atoms with Crippen LogP contribution in [0.1, 0.15) is 29.5 Å². The molecule has 0 aliphatic heterocycles. The van der Waals surface area contributed by atoms with Gasteiger partial charge in [-0.05, 0) is 55.5 Å². The van der Waals surface area contributed by atoms with E-state index in [4.69, 9.17) is 0 Å². The molecule has 1 unspecified atom stereocenters. The summed E-state index contributed by atoms with van der Waals surface area (Å²) in [6.45, 7) is 3.59. The van der Waals surface area contributed by atoms with Crippen LogP contribution < -0.4 is 5.06 Å². The molecule has 1 atom stereocenters. The van der Waals surface area contributed by atoms with Gasteiger partial charge in [0.05, 0.1) is 11.6 Å². The third-order valence-electron chi connectivity index (χ3n) is 4.61. The fourth-order valence-electron chi connectivity index (χ4n) is 3.17. The number of hydrogen-bond donors (Lipinski definition) is 1. The molecule has 0 fully saturated rings. The van der Waals surface area contributed by atoms with Crippen LogP contribution in [0.4, 0.5) is 10.1 Å². The molecule has 3 nitrogen and oxygen atoms in total. The van der Waals surface area contributed by atoms with Crippen molar-refractivity contribution in [2.45, 2.75) is 26.7 Å². The molecule has 0 saturated heterocycles. The monoisotopic (exact) mass is 325 g/mol. The molecule has 1 amide bonds. The molecule has 24 heavy (non-hydrogen) atoms. The van der Waals surface area contributed by atoms with Crippen molar-refractivity contribution in [3.8, 4) is 0 Å². The number of aryl methyl sites for hydroxylation is 1. The molecule has 0 heterocycles. The fraction of sp³-hybridized carbons (Fsp3) is 0.250. The first-order chi connectivity index (χ1) is 11.5. The number of amides is 1. The second kappa shape index (κ2) is 6.57. The minimum absolute atomic E-state index is 0.192. The SMILES string of the molecule is Cc1ccccc1C1=CC(C(=O)N(O)c2cccc(F)c2C)CC1. The van der Waals surface area contributed by atoms with Crippen molar-refractivity contribution in [2.75, 3.05) is 5.06 Å². The summed E-state index contributed by atoms with van der Waals surface area (Å²) in [4.78, 5) is 12.6. The van der Waals surface area contributed by atoms with Crippen LogP contribution in [0.3, 0.4) is 0 Å². The third-order valence-corrected chi connectivity index (χ3v) is 4.61. The van der Waals surface area contributed by atoms with Crippen LogP contribution in [-0.2, 0) is 4.79 Å². The Hall–Kier alpha value is -2.46. The molecule has 4 heteroatoms. The van der Waals surface area contributed by atoms with Gasteiger partial charge >= 0.3 is 0 Å². The largest absolute Gasteiger partial charge is 0.281 e. The Morgan fingerprint density at radius 3 is 2.67 bits per heavy atom. The number of nitrogens with zero attached hydrogens (tertiary/aromatic N) is 1. The summed E-state index contributed by atoms with van der Waals surface area (Å²) in [6.07, 6.45) is 3.35. The van der Waals surface area contributed by atoms with Gasteiger partial charge in [0.25, 0.3) is 5.91 Å². The van der Waals surface area contributed by atoms with E-state index >= 15 is 0 Å². The molecule has 0 bridgehead atoms. The van der Waals surface area contributed by atoms with E-state index in [0.29, 0.717) is 11.5 Å². The predicted octanol–water partition coefficient (Wildman–Crippen LogP) is 4.66. The van der Waals surface area contributed by atoms with E-state index in [1.807, 2.05) is 37.3 Å². The average molecular weight is 325 g/mol. The number of carbonyl (C=O) groups is 1. The molecule has 0 aromatic heterocycles. The lowest BCUT2D eigenvalue weighted by Crippen LogP contribution is -2.32. The number of hydrogen-bond acceptors (Lipinski definition) is 2. The summed E-state index contributed by atoms with van der Waals surface area (Å²) in [5.41, 5.74) is 3.88. The maximum Gasteiger partial charge on any atom is 0.257 e. The highest BCUT2D eigenvalue weighted by atomic mass is 19.1. The van der Waals surface area contributed by atoms with Gasteiger partial charge in [0, 0.05) is 5.56 Å². The number of hydroxylamine groups is 1. The Balaban J connectivity index is 1.84. The first kappa shape index (κ1) is 16.4. The molecule has 124 valence electrons. The maximum absolute atomic E-state index is 13.6. The maximum atomic E-state index is 13.6. The Morgan fingerprint density at radius 2 is 1.92 bits per heavy atom. The highest BCUT2D eigenvalue weighted by molar-refractivity contribution is 5.96. The molecule has 1 aliphatic rings. The number of anilines is 1. The molecule has 2 aromatic carbocycles. The molecule has 0 radical (unpaired) electrons. The molecular formula is C20H20FNO2. The quantitative estimate of drug-likeness (QED) is 0.659. The van der Waals surface area contributed by atoms with Crippen molar-refractivity contribution in [3.63, 3.8) is 0 Å². The number of benzene rings is 2. The van der Waals surface area contributed by atoms with Crippen LogP contribution in [0, 0.1) is 25.6 Å². The lowest BCUT2D eigenvalue weighted by atomic mass is 10.0. The summed E-state index contributed by atoms with van der Waals surface area (Å²) in [5, 5.41) is 10.8. The Bertz CT molecular complexity index is 813. The minimum atomic E-state index is -0.443. The Morgan fingerprint density at radius 1 is 1.17 bits per heavy atom. The zero-order valence-corrected chi connectivity index (χ0v) is 13.8. The second-order valence-electron chi connectivity index (χ2n) is 6.19. The summed E-state index contributed by atoms with van der Waals surface area (Å²) in [6, 6.07) is 12.4. The van der Waals surface area contributed by atoms with Crippen molar-refractivity contribution < 1.29 is 14.4 Å². The van der Waals surface area contributed by atoms with E-state index in [2.05, 4.69) is 0 Å². The number of allylic oxidation sites excluding steroid dienone is 1. The number of halogens is 1. The van der Waals surface area contributed by atoms with Crippen molar-refractivity contribution in [2.24, 2.45) is 5.92 Å². The number of rotatable bonds is 3. The van der Waals surface area contributed by atoms with Crippen LogP contribution in [0.15, 0.2) is 48.5 Å². The van der Waals surface area contributed by atoms with Crippen LogP contribution in [0.25, 0.3) is 5.57 Å². The van der Waals surface area contributed by atoms with Gasteiger partial charge in [0.15, 0.2) is 0 Å². The van der Waals surface area contributed by atoms with Crippen molar-refractivity contribution in [3.05, 3.63) is 71.0 Å². The third kappa shape index (κ3) is 2.97. The van der Waals surface area contributed by atoms with Gasteiger partial charge in [-0.1, -0.05) is 36.4 Å². The summed E-state index contributed by atoms with van der Waals surface area (Å²) < 4.78 is 13.6. The lowest BCUT2D eigenvalue weighted by molar-refractivity contribution is -0.126. The van der Waals surface area contributed by atoms with Gasteiger partial charge in [-0.2, -0.15) is 5.06 Å². The smallest absolute Gasteiger partial charge is 0.257 e. The van der Waals surface area contributed by atoms with E-state index in [1.54, 1.807) is 6.92 Å². The zero-order chi connectivity index (χ0) is 17.3. The van der Waals surface area contributed by atoms with Gasteiger partial charge in [-0.15, -0.1) is 0 Å². The van der Waals surface area contributed by atoms with Gasteiger partial charge in [0.2, 0.25) is 0 Å². The van der Waals surface area contributed by atoms with E-state index in [-0.39, 0.29) is 11.3 Å². The topological polar surface area (TPSA) is 40.5 Å². The van der Waals surface area contributed by atoms with Crippen molar-refractivity contribution >= 4 is 17.2 Å². The van der Waals surface area contributed by atoms with E-state index in [0.717, 1.165) is 17.6 Å². The second-order valence-corrected chi connectivity index (χ2v) is 6.19. The molecular weight excluding hydrogens is 305 g/mol. The molecule has 2 aromatic rings. The van der Waals surface area contributed by atoms with Crippen molar-refractivity contribution in [1.29, 1.82) is 0 Å². The Labute approximate surface area is 141 Å². The first-order valence-corrected chi connectivity index (χ1v) is 8.03. The summed E-state index contributed by atoms with van der Waals surface area (Å²) in [7, 11) is 0. The predicted molar refractivity (Wildman–Crippen MR) is 92.3 cm³/mol. The minimum Gasteiger partial charge on any atom is -0.281 e.